The molecule has 0 radical (unpaired) electrons. The monoisotopic (exact) mass is 485 g/mol. The molecule has 0 N–H and O–H groups in total. The lowest BCUT2D eigenvalue weighted by molar-refractivity contribution is -0.137. The van der Waals surface area contributed by atoms with Crippen LogP contribution < -0.4 is 4.90 Å². The number of carbonyl (C=O) groups excluding carboxylic acids is 1. The molecule has 2 aromatic carbocycles. The van der Waals surface area contributed by atoms with Crippen molar-refractivity contribution >= 4 is 34.2 Å². The Kier molecular flexibility index (Phi) is 6.44. The zero-order chi connectivity index (χ0) is 24.5. The first-order chi connectivity index (χ1) is 16.2. The summed E-state index contributed by atoms with van der Waals surface area (Å²) in [5.74, 6) is 0.291. The van der Waals surface area contributed by atoms with Crippen molar-refractivity contribution in [3.05, 3.63) is 66.0 Å². The highest BCUT2D eigenvalue weighted by Gasteiger charge is 2.34. The molecule has 10 heteroatoms. The fourth-order valence-corrected chi connectivity index (χ4v) is 4.49. The van der Waals surface area contributed by atoms with Gasteiger partial charge in [-0.05, 0) is 29.8 Å². The molecule has 1 aromatic heterocycles. The van der Waals surface area contributed by atoms with Crippen LogP contribution in [0.15, 0.2) is 55.4 Å². The predicted molar refractivity (Wildman–Crippen MR) is 123 cm³/mol. The number of aromatic nitrogens is 2. The average Bonchev–Trinajstić information content (AvgIpc) is 2.82. The summed E-state index contributed by atoms with van der Waals surface area (Å²) in [7, 11) is 0. The number of benzene rings is 2. The number of nitrogens with zero attached hydrogens (tertiary/aromatic N) is 5. The van der Waals surface area contributed by atoms with Crippen LogP contribution in [0.1, 0.15) is 12.0 Å². The second kappa shape index (κ2) is 9.31. The van der Waals surface area contributed by atoms with Gasteiger partial charge < -0.3 is 9.80 Å². The van der Waals surface area contributed by atoms with Gasteiger partial charge in [-0.1, -0.05) is 36.4 Å². The Morgan fingerprint density at radius 1 is 1.24 bits per heavy atom. The number of halogens is 4. The Hall–Kier alpha value is -3.64. The number of anilines is 1. The Morgan fingerprint density at radius 3 is 2.71 bits per heavy atom. The summed E-state index contributed by atoms with van der Waals surface area (Å²) in [6.07, 6.45) is -1.84. The van der Waals surface area contributed by atoms with Gasteiger partial charge in [0.15, 0.2) is 0 Å². The van der Waals surface area contributed by atoms with Crippen molar-refractivity contribution in [3.63, 3.8) is 0 Å². The third-order valence-electron chi connectivity index (χ3n) is 5.79. The van der Waals surface area contributed by atoms with Crippen LogP contribution >= 0.6 is 11.6 Å². The van der Waals surface area contributed by atoms with Crippen molar-refractivity contribution < 1.29 is 18.0 Å². The Labute approximate surface area is 198 Å². The minimum Gasteiger partial charge on any atom is -0.352 e. The smallest absolute Gasteiger partial charge is 0.352 e. The van der Waals surface area contributed by atoms with Gasteiger partial charge in [0.1, 0.15) is 12.1 Å². The number of nitriles is 1. The number of rotatable bonds is 4. The molecule has 1 amide bonds. The van der Waals surface area contributed by atoms with Crippen molar-refractivity contribution in [2.75, 3.05) is 24.5 Å². The number of piperazine rings is 1. The lowest BCUT2D eigenvalue weighted by atomic mass is 9.98. The first-order valence-electron chi connectivity index (χ1n) is 10.4. The molecule has 1 aliphatic heterocycles. The van der Waals surface area contributed by atoms with Gasteiger partial charge in [-0.25, -0.2) is 9.97 Å². The molecule has 1 saturated heterocycles. The first kappa shape index (κ1) is 23.5. The topological polar surface area (TPSA) is 73.1 Å². The maximum absolute atomic E-state index is 13.6. The third kappa shape index (κ3) is 4.41. The molecule has 4 rings (SSSR count). The van der Waals surface area contributed by atoms with Crippen LogP contribution in [-0.2, 0) is 11.0 Å². The van der Waals surface area contributed by atoms with E-state index in [2.05, 4.69) is 22.6 Å². The van der Waals surface area contributed by atoms with E-state index in [-0.39, 0.29) is 34.5 Å². The number of carbonyl (C=O) groups is 1. The highest BCUT2D eigenvalue weighted by atomic mass is 35.5. The van der Waals surface area contributed by atoms with Crippen LogP contribution in [-0.4, -0.2) is 46.5 Å². The number of amides is 1. The molecule has 0 aliphatic carbocycles. The Balaban J connectivity index is 1.76. The fraction of sp³-hybridized carbons (Fsp3) is 0.250. The van der Waals surface area contributed by atoms with Crippen molar-refractivity contribution in [2.24, 2.45) is 0 Å². The highest BCUT2D eigenvalue weighted by molar-refractivity contribution is 6.34. The van der Waals surface area contributed by atoms with Crippen LogP contribution in [0.2, 0.25) is 5.02 Å². The second-order valence-electron chi connectivity index (χ2n) is 7.79. The molecule has 3 aromatic rings. The molecular formula is C24H19ClF3N5O. The van der Waals surface area contributed by atoms with E-state index in [1.54, 1.807) is 11.0 Å². The molecule has 0 bridgehead atoms. The van der Waals surface area contributed by atoms with E-state index >= 15 is 0 Å². The van der Waals surface area contributed by atoms with Crippen LogP contribution in [0.4, 0.5) is 19.0 Å². The normalized spacial score (nSPS) is 16.4. The van der Waals surface area contributed by atoms with Gasteiger partial charge in [-0.3, -0.25) is 4.79 Å². The molecule has 1 aliphatic rings. The lowest BCUT2D eigenvalue weighted by Crippen LogP contribution is -2.55. The zero-order valence-electron chi connectivity index (χ0n) is 17.9. The maximum Gasteiger partial charge on any atom is 0.417 e. The molecule has 0 spiro atoms. The average molecular weight is 486 g/mol. The van der Waals surface area contributed by atoms with Crippen LogP contribution in [0.3, 0.4) is 0 Å². The molecular weight excluding hydrogens is 467 g/mol. The molecule has 1 fully saturated rings. The van der Waals surface area contributed by atoms with Gasteiger partial charge >= 0.3 is 6.18 Å². The van der Waals surface area contributed by atoms with Crippen LogP contribution in [0.25, 0.3) is 22.0 Å². The molecule has 0 saturated carbocycles. The first-order valence-corrected chi connectivity index (χ1v) is 10.8. The number of fused-ring (bicyclic) bond motifs is 1. The van der Waals surface area contributed by atoms with E-state index < -0.39 is 11.7 Å². The van der Waals surface area contributed by atoms with Gasteiger partial charge in [0.2, 0.25) is 5.91 Å². The van der Waals surface area contributed by atoms with E-state index in [1.165, 1.54) is 36.7 Å². The van der Waals surface area contributed by atoms with Gasteiger partial charge in [0.25, 0.3) is 0 Å². The number of alkyl halides is 3. The lowest BCUT2D eigenvalue weighted by Gasteiger charge is -2.41. The van der Waals surface area contributed by atoms with Crippen LogP contribution in [0, 0.1) is 11.3 Å². The summed E-state index contributed by atoms with van der Waals surface area (Å²) >= 11 is 6.48. The minimum atomic E-state index is -4.54. The molecule has 34 heavy (non-hydrogen) atoms. The number of hydrogen-bond acceptors (Lipinski definition) is 5. The van der Waals surface area contributed by atoms with Gasteiger partial charge in [0.05, 0.1) is 29.6 Å². The predicted octanol–water partition coefficient (Wildman–Crippen LogP) is 5.09. The fourth-order valence-electron chi connectivity index (χ4n) is 4.22. The second-order valence-corrected chi connectivity index (χ2v) is 8.19. The summed E-state index contributed by atoms with van der Waals surface area (Å²) in [5.41, 5.74) is -0.168. The van der Waals surface area contributed by atoms with Crippen molar-refractivity contribution in [3.8, 4) is 17.2 Å². The van der Waals surface area contributed by atoms with E-state index in [1.807, 2.05) is 4.90 Å². The largest absolute Gasteiger partial charge is 0.417 e. The summed E-state index contributed by atoms with van der Waals surface area (Å²) in [6.45, 7) is 4.69. The molecule has 1 unspecified atom stereocenters. The molecule has 6 nitrogen and oxygen atoms in total. The van der Waals surface area contributed by atoms with Crippen molar-refractivity contribution in [1.29, 1.82) is 5.26 Å². The Bertz CT molecular complexity index is 1300. The van der Waals surface area contributed by atoms with Crippen molar-refractivity contribution in [1.82, 2.24) is 14.9 Å². The quantitative estimate of drug-likeness (QED) is 0.481. The van der Waals surface area contributed by atoms with E-state index in [4.69, 9.17) is 11.6 Å². The summed E-state index contributed by atoms with van der Waals surface area (Å²) in [6, 6.07) is 10.1. The molecule has 174 valence electrons. The van der Waals surface area contributed by atoms with Gasteiger partial charge in [-0.2, -0.15) is 18.4 Å². The van der Waals surface area contributed by atoms with E-state index in [9.17, 15) is 23.2 Å². The number of hydrogen-bond donors (Lipinski definition) is 0. The Morgan fingerprint density at radius 2 is 2.00 bits per heavy atom. The van der Waals surface area contributed by atoms with E-state index in [0.717, 1.165) is 6.07 Å². The van der Waals surface area contributed by atoms with Crippen LogP contribution in [0.5, 0.6) is 0 Å². The zero-order valence-corrected chi connectivity index (χ0v) is 18.6. The SMILES string of the molecule is C=CC(=O)N1CCN(c2ncnc3cc(-c4ccccc4C(F)(F)F)c(Cl)cc23)CC1CC#N. The van der Waals surface area contributed by atoms with Gasteiger partial charge in [-0.15, -0.1) is 0 Å². The highest BCUT2D eigenvalue weighted by Crippen LogP contribution is 2.41. The summed E-state index contributed by atoms with van der Waals surface area (Å²) in [4.78, 5) is 24.4. The summed E-state index contributed by atoms with van der Waals surface area (Å²) in [5, 5.41) is 9.92. The van der Waals surface area contributed by atoms with Crippen molar-refractivity contribution in [2.45, 2.75) is 18.6 Å². The van der Waals surface area contributed by atoms with E-state index in [0.29, 0.717) is 36.4 Å². The standard InChI is InChI=1S/C24H19ClF3N5O/c1-2-22(34)33-10-9-32(13-15(33)7-8-29)23-18-11-20(25)17(12-21(18)30-14-31-23)16-5-3-4-6-19(16)24(26,27)28/h2-6,11-12,14-15H,1,7,9-10,13H2. The minimum absolute atomic E-state index is 0.0345. The summed E-state index contributed by atoms with van der Waals surface area (Å²) < 4.78 is 40.7. The molecule has 2 heterocycles. The van der Waals surface area contributed by atoms with Gasteiger partial charge in [0, 0.05) is 35.6 Å². The maximum atomic E-state index is 13.6. The third-order valence-corrected chi connectivity index (χ3v) is 6.11. The molecule has 1 atom stereocenters.